The van der Waals surface area contributed by atoms with Gasteiger partial charge in [-0.05, 0) is 113 Å². The third-order valence-corrected chi connectivity index (χ3v) is 18.3. The van der Waals surface area contributed by atoms with Gasteiger partial charge in [-0.1, -0.05) is 35.9 Å². The van der Waals surface area contributed by atoms with E-state index < -0.39 is 42.7 Å². The van der Waals surface area contributed by atoms with Crippen molar-refractivity contribution >= 4 is 86.0 Å². The minimum absolute atomic E-state index is 0.0442. The third-order valence-electron chi connectivity index (χ3n) is 16.9. The topological polar surface area (TPSA) is 235 Å². The molecule has 0 saturated carbocycles. The van der Waals surface area contributed by atoms with E-state index in [4.69, 9.17) is 26.8 Å². The van der Waals surface area contributed by atoms with Crippen LogP contribution in [-0.4, -0.2) is 148 Å². The first-order valence-corrected chi connectivity index (χ1v) is 29.3. The molecule has 3 saturated heterocycles. The highest BCUT2D eigenvalue weighted by Gasteiger charge is 2.37. The minimum atomic E-state index is -1.21. The minimum Gasteiger partial charge on any atom is -0.480 e. The lowest BCUT2D eigenvalue weighted by Crippen LogP contribution is -2.45. The number of benzene rings is 3. The Labute approximate surface area is 481 Å². The average molecular weight is 1150 g/mol. The molecule has 7 aromatic rings. The summed E-state index contributed by atoms with van der Waals surface area (Å²) >= 11 is 7.97. The molecule has 0 spiro atoms. The molecule has 2 atom stereocenters. The number of amides is 5. The molecule has 428 valence electrons. The molecule has 3 aromatic carbocycles. The fourth-order valence-corrected chi connectivity index (χ4v) is 13.6. The molecule has 0 bridgehead atoms. The molecule has 4 aromatic heterocycles. The second-order valence-electron chi connectivity index (χ2n) is 22.1. The molecule has 4 aliphatic heterocycles. The number of aromatic nitrogens is 7. The number of aliphatic imine (C=N–C) groups is 1. The molecule has 8 heterocycles. The van der Waals surface area contributed by atoms with Gasteiger partial charge < -0.3 is 30.4 Å². The Kier molecular flexibility index (Phi) is 16.1. The number of thiophene rings is 1. The number of hydrogen-bond acceptors (Lipinski definition) is 12. The molecule has 11 rings (SSSR count). The van der Waals surface area contributed by atoms with Crippen LogP contribution in [-0.2, 0) is 42.4 Å². The number of aryl methyl sites for hydroxylation is 3. The number of carbonyl (C=O) groups excluding carboxylic acids is 5. The highest BCUT2D eigenvalue weighted by Crippen LogP contribution is 2.42. The van der Waals surface area contributed by atoms with Gasteiger partial charge in [0.25, 0.3) is 0 Å². The second-order valence-corrected chi connectivity index (χ2v) is 23.7. The van der Waals surface area contributed by atoms with Crippen molar-refractivity contribution in [3.63, 3.8) is 0 Å². The lowest BCUT2D eigenvalue weighted by molar-refractivity contribution is -0.141. The van der Waals surface area contributed by atoms with E-state index in [0.717, 1.165) is 62.9 Å². The van der Waals surface area contributed by atoms with E-state index in [1.165, 1.54) is 6.07 Å². The van der Waals surface area contributed by atoms with Crippen LogP contribution in [0.15, 0.2) is 65.8 Å². The molecule has 5 amide bonds. The maximum atomic E-state index is 16.1. The molecule has 0 aliphatic carbocycles. The summed E-state index contributed by atoms with van der Waals surface area (Å²) in [6.45, 7) is 7.94. The van der Waals surface area contributed by atoms with Crippen LogP contribution in [0.25, 0.3) is 37.9 Å². The summed E-state index contributed by atoms with van der Waals surface area (Å²) < 4.78 is 21.3. The second kappa shape index (κ2) is 23.6. The van der Waals surface area contributed by atoms with Crippen molar-refractivity contribution < 1.29 is 38.3 Å². The largest absolute Gasteiger partial charge is 0.480 e. The van der Waals surface area contributed by atoms with Gasteiger partial charge in [-0.25, -0.2) is 4.39 Å². The van der Waals surface area contributed by atoms with Crippen molar-refractivity contribution in [2.45, 2.75) is 97.1 Å². The number of hydrogen-bond donors (Lipinski definition) is 3. The maximum absolute atomic E-state index is 16.1. The standard InChI is InChI=1S/C59H65ClFN13O7S/c1-33-34(2)82-59-53(33)55(37-10-12-41(60)13-11-37)65-45(57-67-66-35(3)74(57)59)28-51(78)71-23-17-39(18-24-71)58(81)72-19-6-7-36(14-20-72)25-50(77)70-21-15-38(16-22-70)56-54-42(43-27-47-40(26-44(43)61)29-64-69(47)4)8-5-9-46(54)73(68-56)32-49(76)62-30-48(75)63-31-52(79)80/h5,8-13,26-27,29,36,38-39,45H,6-7,14-25,28,30-32H2,1-4H3,(H,62,76)(H,63,75)(H,79,80)/t36?,45-/m0/s1. The van der Waals surface area contributed by atoms with Crippen LogP contribution in [0, 0.1) is 38.4 Å². The number of nitrogens with zero attached hydrogens (tertiary/aromatic N) is 11. The van der Waals surface area contributed by atoms with E-state index in [1.807, 2.05) is 62.6 Å². The van der Waals surface area contributed by atoms with Crippen molar-refractivity contribution in [1.82, 2.24) is 59.7 Å². The molecular formula is C59H65ClFN13O7S. The molecule has 20 nitrogen and oxygen atoms in total. The molecule has 4 aliphatic rings. The van der Waals surface area contributed by atoms with Crippen molar-refractivity contribution in [2.75, 3.05) is 52.4 Å². The third kappa shape index (κ3) is 11.4. The van der Waals surface area contributed by atoms with Gasteiger partial charge in [0.05, 0.1) is 41.6 Å². The molecule has 1 unspecified atom stereocenters. The number of aliphatic carboxylic acids is 1. The normalized spacial score (nSPS) is 18.0. The van der Waals surface area contributed by atoms with Crippen LogP contribution < -0.4 is 10.6 Å². The fourth-order valence-electron chi connectivity index (χ4n) is 12.3. The number of likely N-dealkylation sites (tertiary alicyclic amines) is 3. The van der Waals surface area contributed by atoms with Crippen molar-refractivity contribution in [1.29, 1.82) is 0 Å². The first-order chi connectivity index (χ1) is 39.5. The summed E-state index contributed by atoms with van der Waals surface area (Å²) in [6, 6.07) is 15.7. The number of piperidine rings is 2. The SMILES string of the molecule is Cc1sc2c(c1C)C(c1ccc(Cl)cc1)=N[C@@H](CC(=O)N1CCC(C(=O)N3CCCC(CC(=O)N4CCC(c5nn(CC(=O)NCC(=O)NCC(=O)O)c6cccc(-c7cc8c(cnn8C)cc7F)c56)CC4)CC3)CC1)c1nnc(C)n1-2. The zero-order chi connectivity index (χ0) is 57.5. The van der Waals surface area contributed by atoms with Crippen molar-refractivity contribution in [3.05, 3.63) is 111 Å². The Bertz CT molecular complexity index is 3680. The summed E-state index contributed by atoms with van der Waals surface area (Å²) in [5.41, 5.74) is 6.77. The van der Waals surface area contributed by atoms with Gasteiger partial charge >= 0.3 is 5.97 Å². The van der Waals surface area contributed by atoms with Gasteiger partial charge in [0.15, 0.2) is 5.82 Å². The number of carboxylic acid groups (broad SMARTS) is 1. The predicted molar refractivity (Wildman–Crippen MR) is 307 cm³/mol. The Hall–Kier alpha value is -7.85. The van der Waals surface area contributed by atoms with Crippen LogP contribution in [0.2, 0.25) is 5.02 Å². The summed E-state index contributed by atoms with van der Waals surface area (Å²) in [5, 5.41) is 35.0. The summed E-state index contributed by atoms with van der Waals surface area (Å²) in [4.78, 5) is 91.0. The molecule has 3 fully saturated rings. The maximum Gasteiger partial charge on any atom is 0.322 e. The lowest BCUT2D eigenvalue weighted by atomic mass is 9.88. The van der Waals surface area contributed by atoms with E-state index in [2.05, 4.69) is 39.8 Å². The van der Waals surface area contributed by atoms with Gasteiger partial charge in [-0.3, -0.25) is 47.7 Å². The van der Waals surface area contributed by atoms with Crippen molar-refractivity contribution in [2.24, 2.45) is 23.9 Å². The van der Waals surface area contributed by atoms with Crippen LogP contribution in [0.1, 0.15) is 109 Å². The van der Waals surface area contributed by atoms with Crippen LogP contribution in [0.5, 0.6) is 0 Å². The van der Waals surface area contributed by atoms with Crippen LogP contribution in [0.4, 0.5) is 4.39 Å². The summed E-state index contributed by atoms with van der Waals surface area (Å²) in [7, 11) is 1.79. The number of carboxylic acids is 1. The number of fused-ring (bicyclic) bond motifs is 5. The first-order valence-electron chi connectivity index (χ1n) is 28.1. The molecule has 3 N–H and O–H groups in total. The smallest absolute Gasteiger partial charge is 0.322 e. The predicted octanol–water partition coefficient (Wildman–Crippen LogP) is 7.21. The average Bonchev–Trinajstić information content (AvgIpc) is 3.75. The van der Waals surface area contributed by atoms with Crippen LogP contribution in [0.3, 0.4) is 0 Å². The highest BCUT2D eigenvalue weighted by molar-refractivity contribution is 7.15. The van der Waals surface area contributed by atoms with Gasteiger partial charge in [0.1, 0.15) is 35.8 Å². The summed E-state index contributed by atoms with van der Waals surface area (Å²) in [5.74, 6) is -1.56. The van der Waals surface area contributed by atoms with Gasteiger partial charge in [-0.15, -0.1) is 21.5 Å². The monoisotopic (exact) mass is 1150 g/mol. The zero-order valence-electron chi connectivity index (χ0n) is 46.3. The van der Waals surface area contributed by atoms with Crippen molar-refractivity contribution in [3.8, 4) is 16.1 Å². The fraction of sp³-hybridized carbons (Fsp3) is 0.441. The van der Waals surface area contributed by atoms with E-state index in [-0.39, 0.29) is 48.4 Å². The van der Waals surface area contributed by atoms with E-state index in [1.54, 1.807) is 46.1 Å². The van der Waals surface area contributed by atoms with E-state index >= 15 is 4.39 Å². The quantitative estimate of drug-likeness (QED) is 0.0984. The zero-order valence-corrected chi connectivity index (χ0v) is 47.9. The summed E-state index contributed by atoms with van der Waals surface area (Å²) in [6.07, 6.45) is 6.73. The highest BCUT2D eigenvalue weighted by atomic mass is 35.5. The van der Waals surface area contributed by atoms with E-state index in [0.29, 0.717) is 115 Å². The number of carbonyl (C=O) groups is 6. The molecule has 82 heavy (non-hydrogen) atoms. The van der Waals surface area contributed by atoms with Gasteiger partial charge in [0, 0.05) is 102 Å². The Morgan fingerprint density at radius 3 is 2.23 bits per heavy atom. The Morgan fingerprint density at radius 1 is 0.780 bits per heavy atom. The van der Waals surface area contributed by atoms with Gasteiger partial charge in [-0.2, -0.15) is 10.2 Å². The van der Waals surface area contributed by atoms with E-state index in [9.17, 15) is 28.8 Å². The molecule has 23 heteroatoms. The Morgan fingerprint density at radius 2 is 1.49 bits per heavy atom. The lowest BCUT2D eigenvalue weighted by Gasteiger charge is -2.34. The molecular weight excluding hydrogens is 1090 g/mol. The molecule has 0 radical (unpaired) electrons. The van der Waals surface area contributed by atoms with Gasteiger partial charge in [0.2, 0.25) is 29.5 Å². The number of rotatable bonds is 14. The number of nitrogens with one attached hydrogen (secondary N) is 2. The Balaban J connectivity index is 0.702. The number of halogens is 2. The first kappa shape index (κ1) is 56.0. The van der Waals surface area contributed by atoms with Crippen LogP contribution >= 0.6 is 22.9 Å².